The number of aromatic nitrogens is 6. The topological polar surface area (TPSA) is 154 Å². The molecule has 2 aliphatic rings. The molecule has 10 rings (SSSR count). The number of carbonyl (C=O) groups excluding carboxylic acids is 2. The van der Waals surface area contributed by atoms with Crippen LogP contribution in [-0.2, 0) is 22.4 Å². The third kappa shape index (κ3) is 9.33. The maximum Gasteiger partial charge on any atom is 0.272 e. The molecule has 0 unspecified atom stereocenters. The Hall–Kier alpha value is -6.24. The van der Waals surface area contributed by atoms with E-state index >= 15 is 0 Å². The number of thiophene rings is 1. The van der Waals surface area contributed by atoms with Gasteiger partial charge in [-0.2, -0.15) is 0 Å². The van der Waals surface area contributed by atoms with Gasteiger partial charge in [0, 0.05) is 59.1 Å². The van der Waals surface area contributed by atoms with E-state index in [9.17, 15) is 19.2 Å². The molecule has 0 aliphatic carbocycles. The molecular formula is C48H36N8O4S5. The Balaban J connectivity index is 0.809. The first-order valence-electron chi connectivity index (χ1n) is 20.5. The lowest BCUT2D eigenvalue weighted by Gasteiger charge is -2.14. The minimum atomic E-state index is -0.262. The van der Waals surface area contributed by atoms with Gasteiger partial charge in [-0.1, -0.05) is 72.1 Å². The number of para-hydroxylation sites is 1. The second-order valence-corrected chi connectivity index (χ2v) is 19.8. The van der Waals surface area contributed by atoms with Crippen molar-refractivity contribution in [3.63, 3.8) is 0 Å². The van der Waals surface area contributed by atoms with E-state index in [-0.39, 0.29) is 34.4 Å². The van der Waals surface area contributed by atoms with E-state index < -0.39 is 0 Å². The lowest BCUT2D eigenvalue weighted by molar-refractivity contribution is -0.114. The predicted octanol–water partition coefficient (Wildman–Crippen LogP) is 9.39. The third-order valence-corrected chi connectivity index (χ3v) is 15.6. The molecule has 7 heterocycles. The van der Waals surface area contributed by atoms with Crippen molar-refractivity contribution in [1.29, 1.82) is 0 Å². The number of anilines is 2. The minimum absolute atomic E-state index is 0.0489. The van der Waals surface area contributed by atoms with Crippen LogP contribution in [0.1, 0.15) is 11.4 Å². The fourth-order valence-electron chi connectivity index (χ4n) is 7.40. The SMILES string of the molecule is O=C(CSc1nc2c(c(=O)n1-c1cccc(-c3csc(-c4ccc(NC(=O)CSc5nc6c(c(=O)n5-c5ccccc5)SCC6)nc4)c3)c1)SCC2)Nc1ccc(-c2cccnc2)cc1. The number of pyridine rings is 2. The summed E-state index contributed by atoms with van der Waals surface area (Å²) in [6.45, 7) is 0. The number of fused-ring (bicyclic) bond motifs is 2. The zero-order chi connectivity index (χ0) is 44.3. The standard InChI is InChI=1S/C48H36N8O4S5/c57-41(51-34-14-11-29(12-15-34)31-7-5-19-49-24-31)27-64-48-53-38-18-21-62-44(38)46(60)56(48)36-10-4-6-30(22-36)33-23-39(63-26-33)32-13-16-40(50-25-32)54-42(58)28-65-47-52-37-17-20-61-43(37)45(59)55(47)35-8-2-1-3-9-35/h1-16,19,22-26H,17-18,20-21,27-28H2,(H,51,57)(H,50,54,58). The number of rotatable bonds is 13. The highest BCUT2D eigenvalue weighted by Crippen LogP contribution is 2.36. The smallest absolute Gasteiger partial charge is 0.272 e. The van der Waals surface area contributed by atoms with Crippen molar-refractivity contribution in [1.82, 2.24) is 29.1 Å². The molecule has 0 radical (unpaired) electrons. The van der Waals surface area contributed by atoms with E-state index in [2.05, 4.69) is 32.0 Å². The largest absolute Gasteiger partial charge is 0.325 e. The Kier molecular flexibility index (Phi) is 12.5. The Morgan fingerprint density at radius 1 is 0.615 bits per heavy atom. The summed E-state index contributed by atoms with van der Waals surface area (Å²) in [6, 6.07) is 34.4. The average Bonchev–Trinajstić information content (AvgIpc) is 4.14. The van der Waals surface area contributed by atoms with Crippen LogP contribution in [0.25, 0.3) is 44.1 Å². The van der Waals surface area contributed by atoms with Crippen molar-refractivity contribution in [2.45, 2.75) is 32.9 Å². The summed E-state index contributed by atoms with van der Waals surface area (Å²) in [5, 5.41) is 8.85. The van der Waals surface area contributed by atoms with Gasteiger partial charge in [0.15, 0.2) is 10.3 Å². The second-order valence-electron chi connectivity index (χ2n) is 14.8. The normalized spacial score (nSPS) is 12.7. The van der Waals surface area contributed by atoms with Crippen LogP contribution in [0.5, 0.6) is 0 Å². The van der Waals surface area contributed by atoms with Gasteiger partial charge in [-0.05, 0) is 88.3 Å². The highest BCUT2D eigenvalue weighted by atomic mass is 32.2. The van der Waals surface area contributed by atoms with Crippen LogP contribution in [0.4, 0.5) is 11.5 Å². The van der Waals surface area contributed by atoms with Crippen molar-refractivity contribution in [3.8, 4) is 44.1 Å². The summed E-state index contributed by atoms with van der Waals surface area (Å²) in [5.74, 6) is 1.66. The fourth-order valence-corrected chi connectivity index (χ4v) is 12.0. The molecule has 0 saturated carbocycles. The van der Waals surface area contributed by atoms with Gasteiger partial charge in [-0.3, -0.25) is 33.3 Å². The molecule has 2 aliphatic heterocycles. The summed E-state index contributed by atoms with van der Waals surface area (Å²) >= 11 is 7.07. The first kappa shape index (κ1) is 42.7. The maximum absolute atomic E-state index is 14.1. The van der Waals surface area contributed by atoms with Crippen molar-refractivity contribution in [2.24, 2.45) is 0 Å². The number of hydrogen-bond donors (Lipinski definition) is 2. The molecule has 5 aromatic heterocycles. The summed E-state index contributed by atoms with van der Waals surface area (Å²) in [6.07, 6.45) is 6.68. The number of amides is 2. The zero-order valence-electron chi connectivity index (χ0n) is 34.3. The highest BCUT2D eigenvalue weighted by molar-refractivity contribution is 8.00. The van der Waals surface area contributed by atoms with E-state index in [1.54, 1.807) is 45.1 Å². The van der Waals surface area contributed by atoms with Crippen molar-refractivity contribution >= 4 is 81.7 Å². The number of nitrogens with zero attached hydrogens (tertiary/aromatic N) is 6. The summed E-state index contributed by atoms with van der Waals surface area (Å²) in [7, 11) is 0. The van der Waals surface area contributed by atoms with Gasteiger partial charge in [0.25, 0.3) is 11.1 Å². The summed E-state index contributed by atoms with van der Waals surface area (Å²) < 4.78 is 3.21. The fraction of sp³-hybridized carbons (Fsp3) is 0.125. The molecule has 2 N–H and O–H groups in total. The van der Waals surface area contributed by atoms with E-state index in [1.165, 1.54) is 47.0 Å². The molecule has 0 bridgehead atoms. The van der Waals surface area contributed by atoms with E-state index in [4.69, 9.17) is 9.97 Å². The molecular weight excluding hydrogens is 913 g/mol. The van der Waals surface area contributed by atoms with E-state index in [0.717, 1.165) is 62.0 Å². The average molecular weight is 949 g/mol. The van der Waals surface area contributed by atoms with Gasteiger partial charge in [0.05, 0.1) is 44.1 Å². The van der Waals surface area contributed by atoms with Crippen molar-refractivity contribution in [2.75, 3.05) is 33.6 Å². The molecule has 2 amide bonds. The molecule has 65 heavy (non-hydrogen) atoms. The second kappa shape index (κ2) is 19.1. The van der Waals surface area contributed by atoms with E-state index in [1.807, 2.05) is 97.1 Å². The van der Waals surface area contributed by atoms with E-state index in [0.29, 0.717) is 49.4 Å². The van der Waals surface area contributed by atoms with Gasteiger partial charge in [-0.15, -0.1) is 34.9 Å². The van der Waals surface area contributed by atoms with Gasteiger partial charge < -0.3 is 10.6 Å². The minimum Gasteiger partial charge on any atom is -0.325 e. The van der Waals surface area contributed by atoms with Crippen LogP contribution in [0.2, 0.25) is 0 Å². The quantitative estimate of drug-likeness (QED) is 0.0837. The number of benzene rings is 3. The molecule has 0 spiro atoms. The Morgan fingerprint density at radius 2 is 1.26 bits per heavy atom. The molecule has 0 fully saturated rings. The molecule has 0 saturated heterocycles. The lowest BCUT2D eigenvalue weighted by atomic mass is 10.1. The monoisotopic (exact) mass is 948 g/mol. The number of thioether (sulfide) groups is 4. The van der Waals surface area contributed by atoms with Crippen LogP contribution < -0.4 is 21.8 Å². The van der Waals surface area contributed by atoms with Gasteiger partial charge in [-0.25, -0.2) is 15.0 Å². The lowest BCUT2D eigenvalue weighted by Crippen LogP contribution is -2.24. The van der Waals surface area contributed by atoms with Gasteiger partial charge >= 0.3 is 0 Å². The summed E-state index contributed by atoms with van der Waals surface area (Å²) in [5.41, 5.74) is 8.09. The first-order chi connectivity index (χ1) is 31.8. The third-order valence-electron chi connectivity index (χ3n) is 10.5. The zero-order valence-corrected chi connectivity index (χ0v) is 38.4. The number of hydrogen-bond acceptors (Lipinski definition) is 13. The van der Waals surface area contributed by atoms with Crippen LogP contribution in [-0.4, -0.2) is 63.9 Å². The number of carbonyl (C=O) groups is 2. The van der Waals surface area contributed by atoms with Gasteiger partial charge in [0.2, 0.25) is 11.8 Å². The molecule has 0 atom stereocenters. The Labute approximate surface area is 393 Å². The first-order valence-corrected chi connectivity index (χ1v) is 25.3. The Morgan fingerprint density at radius 3 is 1.92 bits per heavy atom. The van der Waals surface area contributed by atoms with Crippen LogP contribution >= 0.6 is 58.4 Å². The highest BCUT2D eigenvalue weighted by Gasteiger charge is 2.25. The molecule has 12 nitrogen and oxygen atoms in total. The number of aryl methyl sites for hydroxylation is 2. The number of nitrogens with one attached hydrogen (secondary N) is 2. The Bertz CT molecular complexity index is 3200. The van der Waals surface area contributed by atoms with Crippen molar-refractivity contribution < 1.29 is 9.59 Å². The van der Waals surface area contributed by atoms with Crippen molar-refractivity contribution in [3.05, 3.63) is 165 Å². The van der Waals surface area contributed by atoms with Gasteiger partial charge in [0.1, 0.15) is 5.82 Å². The van der Waals surface area contributed by atoms with Crippen LogP contribution in [0, 0.1) is 0 Å². The van der Waals surface area contributed by atoms with Crippen LogP contribution in [0.3, 0.4) is 0 Å². The molecule has 322 valence electrons. The predicted molar refractivity (Wildman–Crippen MR) is 263 cm³/mol. The summed E-state index contributed by atoms with van der Waals surface area (Å²) in [4.78, 5) is 74.6. The maximum atomic E-state index is 14.1. The molecule has 17 heteroatoms. The van der Waals surface area contributed by atoms with Crippen LogP contribution in [0.15, 0.2) is 163 Å². The molecule has 3 aromatic carbocycles. The molecule has 8 aromatic rings.